The lowest BCUT2D eigenvalue weighted by atomic mass is 10.0. The van der Waals surface area contributed by atoms with Gasteiger partial charge in [-0.2, -0.15) is 0 Å². The van der Waals surface area contributed by atoms with E-state index in [1.165, 1.54) is 0 Å². The van der Waals surface area contributed by atoms with E-state index in [0.717, 1.165) is 10.9 Å². The van der Waals surface area contributed by atoms with E-state index in [1.54, 1.807) is 36.4 Å². The van der Waals surface area contributed by atoms with E-state index in [2.05, 4.69) is 22.4 Å². The van der Waals surface area contributed by atoms with Crippen molar-refractivity contribution in [3.05, 3.63) is 90.0 Å². The predicted molar refractivity (Wildman–Crippen MR) is 94.3 cm³/mol. The molecule has 0 bridgehead atoms. The summed E-state index contributed by atoms with van der Waals surface area (Å²) in [4.78, 5) is 0. The molecular weight excluding hydrogens is 297 g/mol. The highest BCUT2D eigenvalue weighted by molar-refractivity contribution is 7.27. The van der Waals surface area contributed by atoms with Gasteiger partial charge in [0.15, 0.2) is 11.7 Å². The minimum Gasteiger partial charge on any atom is -0.203 e. The van der Waals surface area contributed by atoms with Crippen LogP contribution in [0.5, 0.6) is 0 Å². The lowest BCUT2D eigenvalue weighted by Crippen LogP contribution is -1.93. The lowest BCUT2D eigenvalue weighted by molar-refractivity contribution is 0.583. The van der Waals surface area contributed by atoms with Crippen LogP contribution < -0.4 is 5.30 Å². The van der Waals surface area contributed by atoms with Gasteiger partial charge >= 0.3 is 0 Å². The summed E-state index contributed by atoms with van der Waals surface area (Å²) in [5.41, 5.74) is 2.15. The third-order valence-corrected chi connectivity index (χ3v) is 3.77. The molecule has 0 fully saturated rings. The fourth-order valence-corrected chi connectivity index (χ4v) is 2.15. The molecule has 0 N–H and O–H groups in total. The van der Waals surface area contributed by atoms with Gasteiger partial charge in [0.25, 0.3) is 0 Å². The summed E-state index contributed by atoms with van der Waals surface area (Å²) in [5, 5.41) is 0.963. The van der Waals surface area contributed by atoms with E-state index in [-0.39, 0.29) is 11.1 Å². The minimum absolute atomic E-state index is 0.00996. The van der Waals surface area contributed by atoms with Crippen LogP contribution in [0.25, 0.3) is 11.1 Å². The van der Waals surface area contributed by atoms with Gasteiger partial charge in [-0.15, -0.1) is 9.24 Å². The number of hydrogen-bond donors (Lipinski definition) is 0. The van der Waals surface area contributed by atoms with Crippen LogP contribution in [-0.2, 0) is 0 Å². The SMILES string of the molecule is C=C(/C(F)=C(/F)C(=C)c1ccc(P)cc1)c1ccc(C)cc1. The molecule has 0 aliphatic rings. The highest BCUT2D eigenvalue weighted by Crippen LogP contribution is 2.32. The first-order valence-electron chi connectivity index (χ1n) is 6.77. The monoisotopic (exact) mass is 314 g/mol. The van der Waals surface area contributed by atoms with Crippen molar-refractivity contribution < 1.29 is 8.78 Å². The molecule has 3 heteroatoms. The van der Waals surface area contributed by atoms with Gasteiger partial charge in [-0.05, 0) is 23.4 Å². The first kappa shape index (κ1) is 16.3. The lowest BCUT2D eigenvalue weighted by Gasteiger charge is -2.08. The number of allylic oxidation sites excluding steroid dienone is 4. The topological polar surface area (TPSA) is 0 Å². The Morgan fingerprint density at radius 2 is 1.14 bits per heavy atom. The van der Waals surface area contributed by atoms with Crippen molar-refractivity contribution in [2.45, 2.75) is 6.92 Å². The fraction of sp³-hybridized carbons (Fsp3) is 0.0526. The summed E-state index contributed by atoms with van der Waals surface area (Å²) >= 11 is 0. The average molecular weight is 314 g/mol. The Morgan fingerprint density at radius 1 is 0.773 bits per heavy atom. The van der Waals surface area contributed by atoms with Gasteiger partial charge in [0, 0.05) is 11.1 Å². The van der Waals surface area contributed by atoms with Crippen molar-refractivity contribution >= 4 is 25.7 Å². The molecule has 0 radical (unpaired) electrons. The zero-order chi connectivity index (χ0) is 16.3. The quantitative estimate of drug-likeness (QED) is 0.525. The van der Waals surface area contributed by atoms with Crippen molar-refractivity contribution in [1.82, 2.24) is 0 Å². The summed E-state index contributed by atoms with van der Waals surface area (Å²) in [6, 6.07) is 14.1. The summed E-state index contributed by atoms with van der Waals surface area (Å²) in [5.74, 6) is -1.97. The molecule has 2 rings (SSSR count). The predicted octanol–water partition coefficient (Wildman–Crippen LogP) is 5.37. The third kappa shape index (κ3) is 3.58. The second-order valence-electron chi connectivity index (χ2n) is 5.07. The first-order valence-corrected chi connectivity index (χ1v) is 7.34. The fourth-order valence-electron chi connectivity index (χ4n) is 1.96. The molecule has 0 saturated carbocycles. The van der Waals surface area contributed by atoms with Crippen molar-refractivity contribution in [3.8, 4) is 0 Å². The first-order chi connectivity index (χ1) is 10.4. The summed E-state index contributed by atoms with van der Waals surface area (Å²) in [6.07, 6.45) is 0. The Balaban J connectivity index is 2.31. The van der Waals surface area contributed by atoms with Crippen LogP contribution >= 0.6 is 9.24 Å². The Kier molecular flexibility index (Phi) is 5.05. The molecule has 0 amide bonds. The molecule has 2 aromatic rings. The Hall–Kier alpha value is -2.05. The smallest absolute Gasteiger partial charge is 0.166 e. The molecule has 0 nitrogen and oxygen atoms in total. The van der Waals surface area contributed by atoms with Crippen LogP contribution in [0.4, 0.5) is 8.78 Å². The summed E-state index contributed by atoms with van der Waals surface area (Å²) < 4.78 is 28.7. The van der Waals surface area contributed by atoms with E-state index < -0.39 is 11.7 Å². The molecule has 0 aromatic heterocycles. The maximum Gasteiger partial charge on any atom is 0.166 e. The van der Waals surface area contributed by atoms with Crippen LogP contribution in [0.15, 0.2) is 73.3 Å². The third-order valence-electron chi connectivity index (χ3n) is 3.38. The van der Waals surface area contributed by atoms with Gasteiger partial charge in [0.1, 0.15) is 0 Å². The molecule has 2 aromatic carbocycles. The molecule has 0 heterocycles. The molecule has 112 valence electrons. The maximum absolute atomic E-state index is 14.3. The van der Waals surface area contributed by atoms with Gasteiger partial charge in [-0.1, -0.05) is 67.3 Å². The normalized spacial score (nSPS) is 11.8. The van der Waals surface area contributed by atoms with E-state index >= 15 is 0 Å². The van der Waals surface area contributed by atoms with Gasteiger partial charge in [-0.25, -0.2) is 8.78 Å². The van der Waals surface area contributed by atoms with E-state index in [9.17, 15) is 8.78 Å². The van der Waals surface area contributed by atoms with Crippen LogP contribution in [0, 0.1) is 6.92 Å². The second-order valence-corrected chi connectivity index (χ2v) is 5.74. The van der Waals surface area contributed by atoms with E-state index in [0.29, 0.717) is 11.1 Å². The summed E-state index contributed by atoms with van der Waals surface area (Å²) in [7, 11) is 2.54. The molecule has 22 heavy (non-hydrogen) atoms. The highest BCUT2D eigenvalue weighted by Gasteiger charge is 2.15. The molecule has 0 saturated heterocycles. The highest BCUT2D eigenvalue weighted by atomic mass is 31.0. The zero-order valence-corrected chi connectivity index (χ0v) is 13.5. The van der Waals surface area contributed by atoms with Gasteiger partial charge in [-0.3, -0.25) is 0 Å². The van der Waals surface area contributed by atoms with Crippen molar-refractivity contribution in [1.29, 1.82) is 0 Å². The largest absolute Gasteiger partial charge is 0.203 e. The molecule has 1 unspecified atom stereocenters. The van der Waals surface area contributed by atoms with Crippen LogP contribution in [0.1, 0.15) is 16.7 Å². The van der Waals surface area contributed by atoms with Crippen molar-refractivity contribution in [2.24, 2.45) is 0 Å². The Bertz CT molecular complexity index is 673. The van der Waals surface area contributed by atoms with Crippen LogP contribution in [0.3, 0.4) is 0 Å². The molecule has 0 spiro atoms. The number of hydrogen-bond acceptors (Lipinski definition) is 0. The standard InChI is InChI=1S/C19H17F2P/c1-12-4-6-15(7-5-12)13(2)18(20)19(21)14(3)16-8-10-17(22)11-9-16/h4-11H,2-3,22H2,1H3/b19-18-. The summed E-state index contributed by atoms with van der Waals surface area (Å²) in [6.45, 7) is 9.22. The van der Waals surface area contributed by atoms with E-state index in [1.807, 2.05) is 19.1 Å². The zero-order valence-electron chi connectivity index (χ0n) is 12.4. The number of halogens is 2. The van der Waals surface area contributed by atoms with Crippen LogP contribution in [-0.4, -0.2) is 0 Å². The molecule has 0 aliphatic heterocycles. The van der Waals surface area contributed by atoms with Gasteiger partial charge < -0.3 is 0 Å². The maximum atomic E-state index is 14.3. The minimum atomic E-state index is -0.984. The van der Waals surface area contributed by atoms with Crippen molar-refractivity contribution in [2.75, 3.05) is 0 Å². The van der Waals surface area contributed by atoms with Gasteiger partial charge in [0.2, 0.25) is 0 Å². The Labute approximate surface area is 132 Å². The van der Waals surface area contributed by atoms with E-state index in [4.69, 9.17) is 0 Å². The molecule has 0 aliphatic carbocycles. The average Bonchev–Trinajstić information content (AvgIpc) is 2.53. The molecule has 1 atom stereocenters. The van der Waals surface area contributed by atoms with Crippen molar-refractivity contribution in [3.63, 3.8) is 0 Å². The number of benzene rings is 2. The van der Waals surface area contributed by atoms with Gasteiger partial charge in [0.05, 0.1) is 0 Å². The number of rotatable bonds is 4. The number of aryl methyl sites for hydroxylation is 1. The Morgan fingerprint density at radius 3 is 1.55 bits per heavy atom. The second kappa shape index (κ2) is 6.81. The van der Waals surface area contributed by atoms with Crippen LogP contribution in [0.2, 0.25) is 0 Å². The molecular formula is C19H17F2P.